The van der Waals surface area contributed by atoms with Gasteiger partial charge in [-0.2, -0.15) is 0 Å². The third kappa shape index (κ3) is 3.37. The van der Waals surface area contributed by atoms with Gasteiger partial charge in [0.2, 0.25) is 0 Å². The Morgan fingerprint density at radius 3 is 2.50 bits per heavy atom. The maximum Gasteiger partial charge on any atom is 0.138 e. The van der Waals surface area contributed by atoms with Gasteiger partial charge in [-0.1, -0.05) is 45.2 Å². The highest BCUT2D eigenvalue weighted by Crippen LogP contribution is 2.27. The van der Waals surface area contributed by atoms with Crippen molar-refractivity contribution in [1.29, 1.82) is 0 Å². The van der Waals surface area contributed by atoms with Crippen LogP contribution in [-0.4, -0.2) is 0 Å². The van der Waals surface area contributed by atoms with Gasteiger partial charge in [0.15, 0.2) is 0 Å². The molecular formula is C13H8BrCl2FO. The summed E-state index contributed by atoms with van der Waals surface area (Å²) in [4.78, 5) is 0. The molecule has 0 radical (unpaired) electrons. The van der Waals surface area contributed by atoms with Gasteiger partial charge in [-0.15, -0.1) is 0 Å². The molecule has 0 amide bonds. The summed E-state index contributed by atoms with van der Waals surface area (Å²) in [6, 6.07) is 9.50. The zero-order valence-electron chi connectivity index (χ0n) is 9.09. The second-order valence-corrected chi connectivity index (χ2v) is 5.33. The van der Waals surface area contributed by atoms with E-state index in [-0.39, 0.29) is 11.6 Å². The molecule has 0 saturated heterocycles. The van der Waals surface area contributed by atoms with Crippen molar-refractivity contribution in [3.05, 3.63) is 62.3 Å². The first-order chi connectivity index (χ1) is 8.56. The van der Waals surface area contributed by atoms with Crippen molar-refractivity contribution in [3.8, 4) is 5.75 Å². The van der Waals surface area contributed by atoms with E-state index in [1.807, 2.05) is 12.1 Å². The third-order valence-electron chi connectivity index (χ3n) is 2.29. The highest BCUT2D eigenvalue weighted by molar-refractivity contribution is 9.10. The predicted molar refractivity (Wildman–Crippen MR) is 74.9 cm³/mol. The van der Waals surface area contributed by atoms with E-state index in [1.165, 1.54) is 18.2 Å². The standard InChI is InChI=1S/C13H8BrCl2FO/c14-9-2-1-8(11(15)5-9)7-18-13-4-3-10(17)6-12(13)16/h1-6H,7H2. The third-order valence-corrected chi connectivity index (χ3v) is 3.43. The van der Waals surface area contributed by atoms with Gasteiger partial charge in [0.05, 0.1) is 5.02 Å². The zero-order valence-corrected chi connectivity index (χ0v) is 12.2. The summed E-state index contributed by atoms with van der Waals surface area (Å²) in [5.74, 6) is 0.0334. The fraction of sp³-hybridized carbons (Fsp3) is 0.0769. The van der Waals surface area contributed by atoms with Crippen LogP contribution in [0.1, 0.15) is 5.56 Å². The van der Waals surface area contributed by atoms with Gasteiger partial charge in [-0.25, -0.2) is 4.39 Å². The fourth-order valence-electron chi connectivity index (χ4n) is 1.39. The van der Waals surface area contributed by atoms with E-state index < -0.39 is 5.82 Å². The molecule has 0 bridgehead atoms. The quantitative estimate of drug-likeness (QED) is 0.713. The van der Waals surface area contributed by atoms with Crippen LogP contribution in [0.5, 0.6) is 5.75 Å². The van der Waals surface area contributed by atoms with E-state index in [2.05, 4.69) is 15.9 Å². The van der Waals surface area contributed by atoms with E-state index in [1.54, 1.807) is 6.07 Å². The lowest BCUT2D eigenvalue weighted by Crippen LogP contribution is -1.97. The minimum absolute atomic E-state index is 0.239. The van der Waals surface area contributed by atoms with Crippen molar-refractivity contribution in [2.45, 2.75) is 6.61 Å². The second-order valence-electron chi connectivity index (χ2n) is 3.60. The molecule has 0 aromatic heterocycles. The van der Waals surface area contributed by atoms with E-state index in [0.29, 0.717) is 10.8 Å². The average molecular weight is 350 g/mol. The summed E-state index contributed by atoms with van der Waals surface area (Å²) in [6.07, 6.45) is 0. The first-order valence-electron chi connectivity index (χ1n) is 5.08. The monoisotopic (exact) mass is 348 g/mol. The van der Waals surface area contributed by atoms with Crippen LogP contribution in [-0.2, 0) is 6.61 Å². The van der Waals surface area contributed by atoms with Gasteiger partial charge in [0.1, 0.15) is 18.2 Å². The van der Waals surface area contributed by atoms with E-state index in [9.17, 15) is 4.39 Å². The Hall–Kier alpha value is -0.770. The molecule has 0 aliphatic heterocycles. The topological polar surface area (TPSA) is 9.23 Å². The van der Waals surface area contributed by atoms with Crippen LogP contribution < -0.4 is 4.74 Å². The van der Waals surface area contributed by atoms with Gasteiger partial charge >= 0.3 is 0 Å². The molecule has 0 spiro atoms. The number of halogens is 4. The normalized spacial score (nSPS) is 10.4. The predicted octanol–water partition coefficient (Wildman–Crippen LogP) is 5.47. The Bertz CT molecular complexity index is 523. The number of benzene rings is 2. The van der Waals surface area contributed by atoms with Crippen LogP contribution in [0.2, 0.25) is 10.0 Å². The van der Waals surface area contributed by atoms with Crippen LogP contribution in [0.15, 0.2) is 40.9 Å². The maximum atomic E-state index is 12.9. The van der Waals surface area contributed by atoms with Gasteiger partial charge in [0.25, 0.3) is 0 Å². The minimum Gasteiger partial charge on any atom is -0.487 e. The van der Waals surface area contributed by atoms with E-state index in [4.69, 9.17) is 27.9 Å². The molecule has 2 aromatic rings. The maximum absolute atomic E-state index is 12.9. The lowest BCUT2D eigenvalue weighted by molar-refractivity contribution is 0.306. The lowest BCUT2D eigenvalue weighted by Gasteiger charge is -2.09. The highest BCUT2D eigenvalue weighted by atomic mass is 79.9. The summed E-state index contributed by atoms with van der Waals surface area (Å²) >= 11 is 15.2. The van der Waals surface area contributed by atoms with E-state index in [0.717, 1.165) is 10.0 Å². The Kier molecular flexibility index (Phi) is 4.49. The number of rotatable bonds is 3. The molecule has 5 heteroatoms. The SMILES string of the molecule is Fc1ccc(OCc2ccc(Br)cc2Cl)c(Cl)c1. The van der Waals surface area contributed by atoms with Crippen LogP contribution in [0.3, 0.4) is 0 Å². The Morgan fingerprint density at radius 1 is 1.06 bits per heavy atom. The molecule has 0 unspecified atom stereocenters. The summed E-state index contributed by atoms with van der Waals surface area (Å²) < 4.78 is 19.3. The van der Waals surface area contributed by atoms with Crippen molar-refractivity contribution in [2.75, 3.05) is 0 Å². The van der Waals surface area contributed by atoms with Crippen LogP contribution in [0.4, 0.5) is 4.39 Å². The van der Waals surface area contributed by atoms with Gasteiger partial charge in [-0.3, -0.25) is 0 Å². The zero-order chi connectivity index (χ0) is 13.1. The first-order valence-corrected chi connectivity index (χ1v) is 6.63. The molecule has 2 rings (SSSR count). The number of hydrogen-bond donors (Lipinski definition) is 0. The lowest BCUT2D eigenvalue weighted by atomic mass is 10.2. The Balaban J connectivity index is 2.11. The molecule has 0 N–H and O–H groups in total. The molecule has 0 atom stereocenters. The molecule has 0 heterocycles. The number of ether oxygens (including phenoxy) is 1. The molecule has 1 nitrogen and oxygen atoms in total. The van der Waals surface area contributed by atoms with E-state index >= 15 is 0 Å². The molecule has 0 fully saturated rings. The van der Waals surface area contributed by atoms with Crippen LogP contribution in [0, 0.1) is 5.82 Å². The first kappa shape index (κ1) is 13.7. The average Bonchev–Trinajstić information content (AvgIpc) is 2.30. The fourth-order valence-corrected chi connectivity index (χ4v) is 2.34. The van der Waals surface area contributed by atoms with Crippen molar-refractivity contribution >= 4 is 39.1 Å². The Labute approximate surface area is 123 Å². The smallest absolute Gasteiger partial charge is 0.138 e. The summed E-state index contributed by atoms with van der Waals surface area (Å²) in [5.41, 5.74) is 0.834. The largest absolute Gasteiger partial charge is 0.487 e. The summed E-state index contributed by atoms with van der Waals surface area (Å²) in [6.45, 7) is 0.275. The van der Waals surface area contributed by atoms with Gasteiger partial charge in [0, 0.05) is 15.1 Å². The van der Waals surface area contributed by atoms with Crippen molar-refractivity contribution < 1.29 is 9.13 Å². The molecule has 94 valence electrons. The summed E-state index contributed by atoms with van der Waals surface area (Å²) in [7, 11) is 0. The number of hydrogen-bond acceptors (Lipinski definition) is 1. The van der Waals surface area contributed by atoms with Gasteiger partial charge in [-0.05, 0) is 30.3 Å². The summed E-state index contributed by atoms with van der Waals surface area (Å²) in [5, 5.41) is 0.839. The van der Waals surface area contributed by atoms with Gasteiger partial charge < -0.3 is 4.74 Å². The van der Waals surface area contributed by atoms with Crippen molar-refractivity contribution in [2.24, 2.45) is 0 Å². The molecule has 18 heavy (non-hydrogen) atoms. The van der Waals surface area contributed by atoms with Crippen LogP contribution in [0.25, 0.3) is 0 Å². The molecule has 0 aliphatic rings. The van der Waals surface area contributed by atoms with Crippen molar-refractivity contribution in [1.82, 2.24) is 0 Å². The molecular weight excluding hydrogens is 342 g/mol. The van der Waals surface area contributed by atoms with Crippen molar-refractivity contribution in [3.63, 3.8) is 0 Å². The minimum atomic E-state index is -0.394. The molecule has 2 aromatic carbocycles. The highest BCUT2D eigenvalue weighted by Gasteiger charge is 2.06. The Morgan fingerprint density at radius 2 is 1.83 bits per heavy atom. The van der Waals surface area contributed by atoms with Crippen LogP contribution >= 0.6 is 39.1 Å². The molecule has 0 aliphatic carbocycles. The second kappa shape index (κ2) is 5.91. The molecule has 0 saturated carbocycles.